The van der Waals surface area contributed by atoms with Gasteiger partial charge in [0.05, 0.1) is 23.7 Å². The molecule has 0 spiro atoms. The van der Waals surface area contributed by atoms with Crippen molar-refractivity contribution in [3.8, 4) is 10.8 Å². The molecule has 6 nitrogen and oxygen atoms in total. The topological polar surface area (TPSA) is 64.8 Å². The third kappa shape index (κ3) is 3.79. The second-order valence-electron chi connectivity index (χ2n) is 5.84. The molecule has 0 atom stereocenters. The average Bonchev–Trinajstić information content (AvgIpc) is 3.38. The number of esters is 1. The van der Waals surface area contributed by atoms with E-state index in [4.69, 9.17) is 13.9 Å². The third-order valence-corrected chi connectivity index (χ3v) is 4.97. The van der Waals surface area contributed by atoms with Gasteiger partial charge in [-0.3, -0.25) is 0 Å². The van der Waals surface area contributed by atoms with Gasteiger partial charge < -0.3 is 18.8 Å². The molecule has 26 heavy (non-hydrogen) atoms. The molecule has 1 aliphatic heterocycles. The number of hydrogen-bond donors (Lipinski definition) is 0. The monoisotopic (exact) mass is 370 g/mol. The normalized spacial score (nSPS) is 14.4. The maximum absolute atomic E-state index is 12.2. The van der Waals surface area contributed by atoms with Gasteiger partial charge >= 0.3 is 5.97 Å². The minimum Gasteiger partial charge on any atom is -0.455 e. The summed E-state index contributed by atoms with van der Waals surface area (Å²) in [6.07, 6.45) is 1.52. The number of benzene rings is 1. The summed E-state index contributed by atoms with van der Waals surface area (Å²) >= 11 is 1.55. The fourth-order valence-electron chi connectivity index (χ4n) is 2.74. The van der Waals surface area contributed by atoms with Gasteiger partial charge in [-0.15, -0.1) is 11.3 Å². The first-order chi connectivity index (χ1) is 12.8. The van der Waals surface area contributed by atoms with Crippen molar-refractivity contribution in [1.29, 1.82) is 0 Å². The van der Waals surface area contributed by atoms with E-state index in [0.717, 1.165) is 36.9 Å². The molecule has 1 aliphatic rings. The van der Waals surface area contributed by atoms with E-state index in [-0.39, 0.29) is 12.6 Å². The Morgan fingerprint density at radius 2 is 2.00 bits per heavy atom. The molecule has 1 saturated heterocycles. The van der Waals surface area contributed by atoms with Crippen LogP contribution in [0.1, 0.15) is 16.1 Å². The molecular weight excluding hydrogens is 352 g/mol. The molecule has 0 amide bonds. The molecule has 3 aromatic rings. The summed E-state index contributed by atoms with van der Waals surface area (Å²) < 4.78 is 16.1. The van der Waals surface area contributed by atoms with Crippen molar-refractivity contribution in [2.75, 3.05) is 31.2 Å². The number of morpholine rings is 1. The Labute approximate surface area is 155 Å². The summed E-state index contributed by atoms with van der Waals surface area (Å²) in [5.41, 5.74) is 2.19. The summed E-state index contributed by atoms with van der Waals surface area (Å²) in [6.45, 7) is 3.27. The van der Waals surface area contributed by atoms with Crippen LogP contribution >= 0.6 is 11.3 Å². The second kappa shape index (κ2) is 7.72. The molecule has 0 radical (unpaired) electrons. The van der Waals surface area contributed by atoms with Crippen LogP contribution in [0.3, 0.4) is 0 Å². The van der Waals surface area contributed by atoms with Crippen LogP contribution in [-0.2, 0) is 16.1 Å². The van der Waals surface area contributed by atoms with Crippen molar-refractivity contribution in [1.82, 2.24) is 4.98 Å². The summed E-state index contributed by atoms with van der Waals surface area (Å²) in [6, 6.07) is 11.3. The third-order valence-electron chi connectivity index (χ3n) is 4.11. The van der Waals surface area contributed by atoms with Gasteiger partial charge in [0.2, 0.25) is 5.89 Å². The van der Waals surface area contributed by atoms with E-state index in [9.17, 15) is 4.79 Å². The number of ether oxygens (including phenoxy) is 2. The summed E-state index contributed by atoms with van der Waals surface area (Å²) in [4.78, 5) is 19.8. The lowest BCUT2D eigenvalue weighted by Gasteiger charge is -2.28. The van der Waals surface area contributed by atoms with Crippen molar-refractivity contribution in [3.63, 3.8) is 0 Å². The van der Waals surface area contributed by atoms with Crippen molar-refractivity contribution in [2.24, 2.45) is 0 Å². The molecule has 0 N–H and O–H groups in total. The van der Waals surface area contributed by atoms with Crippen molar-refractivity contribution >= 4 is 23.0 Å². The highest BCUT2D eigenvalue weighted by molar-refractivity contribution is 7.13. The van der Waals surface area contributed by atoms with E-state index in [1.54, 1.807) is 23.5 Å². The van der Waals surface area contributed by atoms with Gasteiger partial charge in [-0.25, -0.2) is 9.78 Å². The molecule has 134 valence electrons. The van der Waals surface area contributed by atoms with Gasteiger partial charge in [-0.05, 0) is 35.7 Å². The number of aromatic nitrogens is 1. The average molecular weight is 370 g/mol. The van der Waals surface area contributed by atoms with Crippen LogP contribution < -0.4 is 4.90 Å². The van der Waals surface area contributed by atoms with Crippen LogP contribution in [0.4, 0.5) is 5.69 Å². The maximum Gasteiger partial charge on any atom is 0.338 e. The Morgan fingerprint density at radius 1 is 1.19 bits per heavy atom. The van der Waals surface area contributed by atoms with Crippen LogP contribution in [0, 0.1) is 0 Å². The standard InChI is InChI=1S/C19H18N2O4S/c22-19(14-3-5-16(6-4-14)21-7-9-23-10-8-21)25-13-15-12-24-18(20-15)17-2-1-11-26-17/h1-6,11-12H,7-10,13H2. The summed E-state index contributed by atoms with van der Waals surface area (Å²) in [7, 11) is 0. The van der Waals surface area contributed by atoms with Crippen molar-refractivity contribution < 1.29 is 18.7 Å². The molecule has 0 unspecified atom stereocenters. The molecular formula is C19H18N2O4S. The maximum atomic E-state index is 12.2. The first-order valence-corrected chi connectivity index (χ1v) is 9.26. The molecule has 2 aromatic heterocycles. The zero-order chi connectivity index (χ0) is 17.8. The van der Waals surface area contributed by atoms with Crippen LogP contribution in [-0.4, -0.2) is 37.3 Å². The Morgan fingerprint density at radius 3 is 2.73 bits per heavy atom. The van der Waals surface area contributed by atoms with Crippen molar-refractivity contribution in [2.45, 2.75) is 6.61 Å². The highest BCUT2D eigenvalue weighted by atomic mass is 32.1. The minimum atomic E-state index is -0.376. The molecule has 0 bridgehead atoms. The lowest BCUT2D eigenvalue weighted by atomic mass is 10.2. The van der Waals surface area contributed by atoms with E-state index in [1.165, 1.54) is 6.26 Å². The van der Waals surface area contributed by atoms with Gasteiger partial charge in [-0.1, -0.05) is 6.07 Å². The molecule has 0 saturated carbocycles. The van der Waals surface area contributed by atoms with Gasteiger partial charge in [0.15, 0.2) is 0 Å². The lowest BCUT2D eigenvalue weighted by Crippen LogP contribution is -2.36. The number of hydrogen-bond acceptors (Lipinski definition) is 7. The lowest BCUT2D eigenvalue weighted by molar-refractivity contribution is 0.0467. The molecule has 7 heteroatoms. The number of anilines is 1. The van der Waals surface area contributed by atoms with E-state index in [1.807, 2.05) is 29.6 Å². The Balaban J connectivity index is 1.34. The zero-order valence-electron chi connectivity index (χ0n) is 14.1. The fourth-order valence-corrected chi connectivity index (χ4v) is 3.39. The number of thiophene rings is 1. The Bertz CT molecular complexity index is 852. The first kappa shape index (κ1) is 16.8. The fraction of sp³-hybridized carbons (Fsp3) is 0.263. The van der Waals surface area contributed by atoms with E-state index in [0.29, 0.717) is 17.1 Å². The molecule has 1 fully saturated rings. The minimum absolute atomic E-state index is 0.0823. The predicted molar refractivity (Wildman–Crippen MR) is 98.4 cm³/mol. The number of carbonyl (C=O) groups excluding carboxylic acids is 1. The number of rotatable bonds is 5. The number of nitrogens with zero attached hydrogens (tertiary/aromatic N) is 2. The van der Waals surface area contributed by atoms with Crippen LogP contribution in [0.2, 0.25) is 0 Å². The second-order valence-corrected chi connectivity index (χ2v) is 6.79. The Kier molecular flexibility index (Phi) is 4.99. The van der Waals surface area contributed by atoms with Gasteiger partial charge in [0.1, 0.15) is 18.6 Å². The number of carbonyl (C=O) groups is 1. The summed E-state index contributed by atoms with van der Waals surface area (Å²) in [5.74, 6) is 0.167. The first-order valence-electron chi connectivity index (χ1n) is 8.38. The quantitative estimate of drug-likeness (QED) is 0.640. The zero-order valence-corrected chi connectivity index (χ0v) is 14.9. The van der Waals surface area contributed by atoms with Gasteiger partial charge in [-0.2, -0.15) is 0 Å². The Hall–Kier alpha value is -2.64. The van der Waals surface area contributed by atoms with Crippen LogP contribution in [0.15, 0.2) is 52.5 Å². The summed E-state index contributed by atoms with van der Waals surface area (Å²) in [5, 5.41) is 1.96. The highest BCUT2D eigenvalue weighted by Gasteiger charge is 2.14. The molecule has 1 aromatic carbocycles. The smallest absolute Gasteiger partial charge is 0.338 e. The van der Waals surface area contributed by atoms with E-state index >= 15 is 0 Å². The molecule has 4 rings (SSSR count). The molecule has 3 heterocycles. The number of oxazole rings is 1. The predicted octanol–water partition coefficient (Wildman–Crippen LogP) is 3.60. The SMILES string of the molecule is O=C(OCc1coc(-c2cccs2)n1)c1ccc(N2CCOCC2)cc1. The van der Waals surface area contributed by atoms with Gasteiger partial charge in [0.25, 0.3) is 0 Å². The largest absolute Gasteiger partial charge is 0.455 e. The molecule has 0 aliphatic carbocycles. The van der Waals surface area contributed by atoms with Crippen LogP contribution in [0.5, 0.6) is 0 Å². The van der Waals surface area contributed by atoms with E-state index < -0.39 is 0 Å². The van der Waals surface area contributed by atoms with Gasteiger partial charge in [0, 0.05) is 18.8 Å². The van der Waals surface area contributed by atoms with Crippen molar-refractivity contribution in [3.05, 3.63) is 59.3 Å². The van der Waals surface area contributed by atoms with Crippen LogP contribution in [0.25, 0.3) is 10.8 Å². The van der Waals surface area contributed by atoms with E-state index in [2.05, 4.69) is 9.88 Å². The highest BCUT2D eigenvalue weighted by Crippen LogP contribution is 2.24.